The van der Waals surface area contributed by atoms with Gasteiger partial charge in [-0.3, -0.25) is 13.4 Å². The van der Waals surface area contributed by atoms with Crippen LogP contribution in [0.25, 0.3) is 0 Å². The van der Waals surface area contributed by atoms with Crippen LogP contribution in [0.4, 0.5) is 5.82 Å². The normalized spacial score (nSPS) is 9.94. The van der Waals surface area contributed by atoms with Crippen LogP contribution in [0.5, 0.6) is 0 Å². The van der Waals surface area contributed by atoms with Crippen molar-refractivity contribution in [2.45, 2.75) is 0 Å². The smallest absolute Gasteiger partial charge is 0.331 e. The first-order chi connectivity index (χ1) is 16.4. The summed E-state index contributed by atoms with van der Waals surface area (Å²) in [4.78, 5) is 32.1. The number of carbonyl (C=O) groups is 2. The van der Waals surface area contributed by atoms with E-state index in [9.17, 15) is 18.0 Å². The molecule has 1 heterocycles. The Bertz CT molecular complexity index is 1310. The van der Waals surface area contributed by atoms with E-state index in [1.54, 1.807) is 42.6 Å². The van der Waals surface area contributed by atoms with E-state index >= 15 is 0 Å². The van der Waals surface area contributed by atoms with Crippen LogP contribution >= 0.6 is 0 Å². The number of para-hydroxylation sites is 1. The van der Waals surface area contributed by atoms with Gasteiger partial charge in [0.05, 0.1) is 9.84 Å². The van der Waals surface area contributed by atoms with Gasteiger partial charge in [0.25, 0.3) is 0 Å². The average Bonchev–Trinajstić information content (AvgIpc) is 2.86. The van der Waals surface area contributed by atoms with Crippen molar-refractivity contribution in [3.05, 3.63) is 143 Å². The van der Waals surface area contributed by atoms with Gasteiger partial charge >= 0.3 is 22.4 Å². The van der Waals surface area contributed by atoms with Crippen LogP contribution in [-0.2, 0) is 32.2 Å². The SMILES string of the molecule is O=C([CH-]S(=O)(=O)[CH-]C(=O)c1ccccc1)c1ccccc1.[Au+3].c1ccc(=Nc2ccccn2)[cH-]c1. The maximum absolute atomic E-state index is 11.8. The van der Waals surface area contributed by atoms with Crippen LogP contribution in [0.1, 0.15) is 20.7 Å². The van der Waals surface area contributed by atoms with E-state index in [0.717, 1.165) is 11.2 Å². The largest absolute Gasteiger partial charge is 3.00 e. The number of aromatic nitrogens is 1. The number of hydrogen-bond acceptors (Lipinski definition) is 6. The first-order valence-electron chi connectivity index (χ1n) is 10.2. The van der Waals surface area contributed by atoms with E-state index in [1.807, 2.05) is 48.5 Å². The van der Waals surface area contributed by atoms with E-state index < -0.39 is 21.4 Å². The summed E-state index contributed by atoms with van der Waals surface area (Å²) in [6, 6.07) is 31.5. The number of Topliss-reactive ketones (excluding diaryl/α,β-unsaturated/α-hetero) is 2. The molecule has 4 rings (SSSR count). The fraction of sp³-hybridized carbons (Fsp3) is 0. The Hall–Kier alpha value is -3.62. The summed E-state index contributed by atoms with van der Waals surface area (Å²) in [5.74, 6) is 0.543. The maximum Gasteiger partial charge on any atom is 3.00 e. The van der Waals surface area contributed by atoms with Crippen molar-refractivity contribution < 1.29 is 40.4 Å². The fourth-order valence-electron chi connectivity index (χ4n) is 2.73. The molecule has 0 atom stereocenters. The molecule has 35 heavy (non-hydrogen) atoms. The van der Waals surface area contributed by atoms with Gasteiger partial charge in [0.1, 0.15) is 5.82 Å². The number of hydrogen-bond donors (Lipinski definition) is 0. The van der Waals surface area contributed by atoms with Gasteiger partial charge in [-0.05, 0) is 17.5 Å². The summed E-state index contributed by atoms with van der Waals surface area (Å²) in [6.45, 7) is 0. The number of carbonyl (C=O) groups excluding carboxylic acids is 2. The van der Waals surface area contributed by atoms with Crippen LogP contribution in [0, 0.1) is 11.5 Å². The molecule has 0 aliphatic carbocycles. The Labute approximate surface area is 220 Å². The number of pyridine rings is 1. The van der Waals surface area contributed by atoms with Gasteiger partial charge in [0, 0.05) is 17.8 Å². The molecular weight excluding hydrogens is 645 g/mol. The third-order valence-electron chi connectivity index (χ3n) is 4.31. The molecule has 0 saturated carbocycles. The summed E-state index contributed by atoms with van der Waals surface area (Å²) < 4.78 is 23.7. The molecule has 0 saturated heterocycles. The second-order valence-electron chi connectivity index (χ2n) is 6.92. The number of nitrogens with zero attached hydrogens (tertiary/aromatic N) is 2. The molecule has 0 fully saturated rings. The van der Waals surface area contributed by atoms with Gasteiger partial charge in [-0.25, -0.2) is 4.98 Å². The molecule has 0 aliphatic rings. The predicted molar refractivity (Wildman–Crippen MR) is 131 cm³/mol. The molecule has 0 radical (unpaired) electrons. The monoisotopic (exact) mass is 666 g/mol. The van der Waals surface area contributed by atoms with E-state index in [2.05, 4.69) is 9.98 Å². The van der Waals surface area contributed by atoms with Gasteiger partial charge < -0.3 is 9.59 Å². The summed E-state index contributed by atoms with van der Waals surface area (Å²) in [5, 5.41) is 0.932. The summed E-state index contributed by atoms with van der Waals surface area (Å²) in [6.07, 6.45) is 1.74. The molecule has 0 aliphatic heterocycles. The first-order valence-corrected chi connectivity index (χ1v) is 11.8. The molecule has 0 unspecified atom stereocenters. The first kappa shape index (κ1) is 27.6. The van der Waals surface area contributed by atoms with Crippen LogP contribution in [0.3, 0.4) is 0 Å². The predicted octanol–water partition coefficient (Wildman–Crippen LogP) is 4.52. The van der Waals surface area contributed by atoms with Crippen LogP contribution in [0.15, 0.2) is 120 Å². The van der Waals surface area contributed by atoms with E-state index in [-0.39, 0.29) is 33.5 Å². The number of sulfone groups is 1. The molecule has 0 amide bonds. The van der Waals surface area contributed by atoms with Crippen molar-refractivity contribution in [2.75, 3.05) is 0 Å². The van der Waals surface area contributed by atoms with Gasteiger partial charge in [-0.1, -0.05) is 54.0 Å². The Morgan fingerprint density at radius 2 is 1.23 bits per heavy atom. The molecule has 1 aromatic heterocycles. The van der Waals surface area contributed by atoms with E-state index in [4.69, 9.17) is 0 Å². The third kappa shape index (κ3) is 9.64. The van der Waals surface area contributed by atoms with Crippen LogP contribution in [-0.4, -0.2) is 25.0 Å². The number of rotatable bonds is 7. The minimum absolute atomic E-state index is 0. The number of ketones is 2. The Balaban J connectivity index is 0.000000265. The van der Waals surface area contributed by atoms with Crippen molar-refractivity contribution in [3.8, 4) is 0 Å². The van der Waals surface area contributed by atoms with Crippen molar-refractivity contribution in [1.82, 2.24) is 4.98 Å². The molecule has 6 nitrogen and oxygen atoms in total. The molecule has 180 valence electrons. The molecule has 0 bridgehead atoms. The molecule has 0 N–H and O–H groups in total. The van der Waals surface area contributed by atoms with Crippen LogP contribution in [0.2, 0.25) is 0 Å². The maximum atomic E-state index is 11.8. The molecule has 8 heteroatoms. The van der Waals surface area contributed by atoms with Crippen molar-refractivity contribution in [2.24, 2.45) is 4.99 Å². The van der Waals surface area contributed by atoms with Crippen LogP contribution < -0.4 is 5.36 Å². The second kappa shape index (κ2) is 13.9. The average molecular weight is 667 g/mol. The minimum Gasteiger partial charge on any atom is -0.331 e. The van der Waals surface area contributed by atoms with Crippen molar-refractivity contribution in [1.29, 1.82) is 0 Å². The molecular formula is C27H21AuN2O4S. The summed E-state index contributed by atoms with van der Waals surface area (Å²) in [5.41, 5.74) is 0.503. The Kier molecular flexibility index (Phi) is 11.0. The minimum atomic E-state index is -4.03. The zero-order valence-electron chi connectivity index (χ0n) is 18.4. The summed E-state index contributed by atoms with van der Waals surface area (Å²) >= 11 is 0. The second-order valence-corrected chi connectivity index (χ2v) is 8.57. The summed E-state index contributed by atoms with van der Waals surface area (Å²) in [7, 11) is -4.03. The molecule has 0 spiro atoms. The topological polar surface area (TPSA) is 93.5 Å². The Morgan fingerprint density at radius 1 is 0.714 bits per heavy atom. The molecule has 3 aromatic carbocycles. The van der Waals surface area contributed by atoms with E-state index in [0.29, 0.717) is 11.5 Å². The van der Waals surface area contributed by atoms with E-state index in [1.165, 1.54) is 24.3 Å². The zero-order valence-corrected chi connectivity index (χ0v) is 21.3. The van der Waals surface area contributed by atoms with Gasteiger partial charge in [0.15, 0.2) is 0 Å². The van der Waals surface area contributed by atoms with Gasteiger partial charge in [-0.2, -0.15) is 18.2 Å². The number of benzene rings is 3. The fourth-order valence-corrected chi connectivity index (χ4v) is 3.66. The molecule has 4 aromatic rings. The van der Waals surface area contributed by atoms with Gasteiger partial charge in [0.2, 0.25) is 0 Å². The van der Waals surface area contributed by atoms with Crippen molar-refractivity contribution >= 4 is 27.2 Å². The van der Waals surface area contributed by atoms with Crippen molar-refractivity contribution in [3.63, 3.8) is 0 Å². The van der Waals surface area contributed by atoms with Gasteiger partial charge in [-0.15, -0.1) is 47.5 Å². The Morgan fingerprint density at radius 3 is 1.69 bits per heavy atom. The zero-order chi connectivity index (χ0) is 24.2. The standard InChI is InChI=1S/C16H12O4S.C11H9N2.Au/c17-15(13-7-3-1-4-8-13)11-21(19,20)12-16(18)14-9-5-2-6-10-14;1-2-6-10(7-3-1)13-11-8-4-5-9-12-11;/h1-12H;1-9H;/q-2;-1;+3. The quantitative estimate of drug-likeness (QED) is 0.164. The third-order valence-corrected chi connectivity index (χ3v) is 5.39.